The molecule has 0 aliphatic carbocycles. The van der Waals surface area contributed by atoms with Crippen LogP contribution in [0, 0.1) is 5.41 Å². The summed E-state index contributed by atoms with van der Waals surface area (Å²) in [6.07, 6.45) is -4.54. The van der Waals surface area contributed by atoms with E-state index in [1.807, 2.05) is 0 Å². The summed E-state index contributed by atoms with van der Waals surface area (Å²) in [7, 11) is 0. The molecule has 0 saturated heterocycles. The number of hydrogen-bond acceptors (Lipinski definition) is 7. The number of aliphatic hydroxyl groups excluding tert-OH is 3. The second-order valence-electron chi connectivity index (χ2n) is 5.51. The van der Waals surface area contributed by atoms with E-state index in [4.69, 9.17) is 0 Å². The van der Waals surface area contributed by atoms with Gasteiger partial charge in [-0.15, -0.1) is 0 Å². The Labute approximate surface area is 124 Å². The Kier molecular flexibility index (Phi) is 4.82. The summed E-state index contributed by atoms with van der Waals surface area (Å²) in [6, 6.07) is 0. The topological polar surface area (TPSA) is 169 Å². The van der Waals surface area contributed by atoms with Gasteiger partial charge in [0, 0.05) is 0 Å². The zero-order valence-electron chi connectivity index (χ0n) is 12.7. The van der Waals surface area contributed by atoms with Crippen molar-refractivity contribution in [1.29, 1.82) is 0 Å². The lowest BCUT2D eigenvalue weighted by atomic mass is 9.66. The Balaban J connectivity index is 3.86. The first-order valence-corrected chi connectivity index (χ1v) is 6.63. The van der Waals surface area contributed by atoms with Crippen molar-refractivity contribution >= 4 is 0 Å². The Morgan fingerprint density at radius 1 is 0.909 bits per heavy atom. The van der Waals surface area contributed by atoms with Gasteiger partial charge in [0.2, 0.25) is 0 Å². The van der Waals surface area contributed by atoms with E-state index in [0.29, 0.717) is 0 Å². The number of aliphatic hydroxyl groups is 4. The summed E-state index contributed by atoms with van der Waals surface area (Å²) in [5.74, 6) is 0. The van der Waals surface area contributed by atoms with Crippen LogP contribution >= 0.6 is 0 Å². The highest BCUT2D eigenvalue weighted by Crippen LogP contribution is 2.44. The van der Waals surface area contributed by atoms with Crippen LogP contribution in [0.5, 0.6) is 0 Å². The fourth-order valence-corrected chi connectivity index (χ4v) is 3.25. The number of nitrogens with zero attached hydrogens (tertiary/aromatic N) is 1. The van der Waals surface area contributed by atoms with E-state index in [1.165, 1.54) is 20.8 Å². The molecule has 1 rings (SSSR count). The highest BCUT2D eigenvalue weighted by molar-refractivity contribution is 5.04. The highest BCUT2D eigenvalue weighted by Gasteiger charge is 2.59. The van der Waals surface area contributed by atoms with Crippen LogP contribution < -0.4 is 17.1 Å². The van der Waals surface area contributed by atoms with Crippen LogP contribution in [0.2, 0.25) is 0 Å². The van der Waals surface area contributed by atoms with E-state index in [1.54, 1.807) is 9.97 Å². The van der Waals surface area contributed by atoms with Gasteiger partial charge in [0.05, 0.1) is 23.7 Å². The van der Waals surface area contributed by atoms with Crippen LogP contribution in [-0.2, 0) is 5.72 Å². The van der Waals surface area contributed by atoms with Crippen LogP contribution in [0.1, 0.15) is 27.7 Å². The lowest BCUT2D eigenvalue weighted by Crippen LogP contribution is -2.69. The summed E-state index contributed by atoms with van der Waals surface area (Å²) < 4.78 is 0.237. The molecule has 1 heterocycles. The molecular weight excluding hydrogens is 298 g/mol. The Bertz CT molecular complexity index is 640. The smallest absolute Gasteiger partial charge is 0.336 e. The van der Waals surface area contributed by atoms with E-state index in [2.05, 4.69) is 0 Å². The van der Waals surface area contributed by atoms with E-state index in [-0.39, 0.29) is 4.57 Å². The number of rotatable bonds is 5. The van der Waals surface area contributed by atoms with Crippen molar-refractivity contribution < 1.29 is 20.4 Å². The first-order valence-electron chi connectivity index (χ1n) is 6.63. The standard InChI is InChI=1S/C12H21N3O7/c1-5(16)12(6(2)17,7(3)18)11(4,22)15-9(20)13-8(19)14-10(15)21/h5-7,16-18,22H,1-4H3,(H2,13,14,19,20,21). The van der Waals surface area contributed by atoms with Gasteiger partial charge in [0.1, 0.15) is 0 Å². The largest absolute Gasteiger partial charge is 0.392 e. The Morgan fingerprint density at radius 2 is 1.23 bits per heavy atom. The Morgan fingerprint density at radius 3 is 1.50 bits per heavy atom. The third kappa shape index (κ3) is 2.43. The van der Waals surface area contributed by atoms with Gasteiger partial charge in [-0.25, -0.2) is 19.0 Å². The molecule has 22 heavy (non-hydrogen) atoms. The van der Waals surface area contributed by atoms with Crippen LogP contribution in [0.15, 0.2) is 14.4 Å². The summed E-state index contributed by atoms with van der Waals surface area (Å²) in [5.41, 5.74) is -8.16. The van der Waals surface area contributed by atoms with E-state index in [0.717, 1.165) is 6.92 Å². The van der Waals surface area contributed by atoms with Crippen molar-refractivity contribution in [3.05, 3.63) is 31.5 Å². The van der Waals surface area contributed by atoms with Gasteiger partial charge in [-0.05, 0) is 27.7 Å². The Hall–Kier alpha value is -1.75. The van der Waals surface area contributed by atoms with Gasteiger partial charge in [-0.3, -0.25) is 9.97 Å². The van der Waals surface area contributed by atoms with Crippen molar-refractivity contribution in [2.24, 2.45) is 5.41 Å². The minimum Gasteiger partial charge on any atom is -0.392 e. The minimum atomic E-state index is -2.52. The van der Waals surface area contributed by atoms with Crippen LogP contribution in [0.4, 0.5) is 0 Å². The molecule has 0 spiro atoms. The number of hydrogen-bond donors (Lipinski definition) is 6. The number of nitrogens with one attached hydrogen (secondary N) is 2. The molecule has 4 unspecified atom stereocenters. The van der Waals surface area contributed by atoms with Crippen LogP contribution in [0.3, 0.4) is 0 Å². The predicted octanol–water partition coefficient (Wildman–Crippen LogP) is -2.98. The zero-order chi connectivity index (χ0) is 17.5. The molecule has 4 atom stereocenters. The van der Waals surface area contributed by atoms with Gasteiger partial charge < -0.3 is 20.4 Å². The van der Waals surface area contributed by atoms with E-state index < -0.39 is 46.5 Å². The summed E-state index contributed by atoms with van der Waals surface area (Å²) >= 11 is 0. The molecule has 126 valence electrons. The minimum absolute atomic E-state index is 0.237. The third-order valence-electron chi connectivity index (χ3n) is 4.18. The molecule has 0 aliphatic rings. The van der Waals surface area contributed by atoms with E-state index in [9.17, 15) is 34.8 Å². The van der Waals surface area contributed by atoms with Gasteiger partial charge >= 0.3 is 17.1 Å². The average molecular weight is 319 g/mol. The molecule has 1 aromatic heterocycles. The molecule has 0 amide bonds. The maximum absolute atomic E-state index is 11.9. The maximum Gasteiger partial charge on any atom is 0.336 e. The van der Waals surface area contributed by atoms with Crippen molar-refractivity contribution in [1.82, 2.24) is 14.5 Å². The molecule has 0 fully saturated rings. The zero-order valence-corrected chi connectivity index (χ0v) is 12.7. The third-order valence-corrected chi connectivity index (χ3v) is 4.18. The predicted molar refractivity (Wildman–Crippen MR) is 75.3 cm³/mol. The fraction of sp³-hybridized carbons (Fsp3) is 0.750. The summed E-state index contributed by atoms with van der Waals surface area (Å²) in [6.45, 7) is 4.56. The average Bonchev–Trinajstić information content (AvgIpc) is 2.24. The normalized spacial score (nSPS) is 21.5. The first-order chi connectivity index (χ1) is 9.90. The molecule has 0 bridgehead atoms. The molecule has 1 aromatic rings. The molecule has 0 radical (unpaired) electrons. The van der Waals surface area contributed by atoms with E-state index >= 15 is 0 Å². The van der Waals surface area contributed by atoms with Crippen molar-refractivity contribution in [3.8, 4) is 0 Å². The molecule has 0 saturated carbocycles. The lowest BCUT2D eigenvalue weighted by molar-refractivity contribution is -0.261. The molecular formula is C12H21N3O7. The second kappa shape index (κ2) is 5.80. The van der Waals surface area contributed by atoms with Gasteiger partial charge in [-0.2, -0.15) is 0 Å². The molecule has 0 aliphatic heterocycles. The second-order valence-corrected chi connectivity index (χ2v) is 5.51. The fourth-order valence-electron chi connectivity index (χ4n) is 3.25. The van der Waals surface area contributed by atoms with Crippen molar-refractivity contribution in [3.63, 3.8) is 0 Å². The number of aromatic amines is 2. The van der Waals surface area contributed by atoms with Crippen LogP contribution in [0.25, 0.3) is 0 Å². The van der Waals surface area contributed by atoms with Gasteiger partial charge in [0.25, 0.3) is 0 Å². The quantitative estimate of drug-likeness (QED) is 0.336. The SMILES string of the molecule is CC(O)C(C(C)O)(C(C)O)C(C)(O)n1c(=O)[nH]c(=O)[nH]c1=O. The summed E-state index contributed by atoms with van der Waals surface area (Å²) in [5, 5.41) is 41.0. The number of aromatic nitrogens is 3. The molecule has 10 nitrogen and oxygen atoms in total. The maximum atomic E-state index is 11.9. The molecule has 0 aromatic carbocycles. The van der Waals surface area contributed by atoms with Crippen LogP contribution in [-0.4, -0.2) is 53.3 Å². The highest BCUT2D eigenvalue weighted by atomic mass is 16.3. The lowest BCUT2D eigenvalue weighted by Gasteiger charge is -2.50. The molecule has 10 heteroatoms. The van der Waals surface area contributed by atoms with Crippen molar-refractivity contribution in [2.75, 3.05) is 0 Å². The summed E-state index contributed by atoms with van der Waals surface area (Å²) in [4.78, 5) is 38.4. The monoisotopic (exact) mass is 319 g/mol. The van der Waals surface area contributed by atoms with Crippen molar-refractivity contribution in [2.45, 2.75) is 51.7 Å². The number of H-pyrrole nitrogens is 2. The van der Waals surface area contributed by atoms with Gasteiger partial charge in [-0.1, -0.05) is 0 Å². The van der Waals surface area contributed by atoms with Gasteiger partial charge in [0.15, 0.2) is 5.72 Å². The first kappa shape index (κ1) is 18.3. The molecule has 6 N–H and O–H groups in total.